The Morgan fingerprint density at radius 1 is 0.971 bits per heavy atom. The predicted molar refractivity (Wildman–Crippen MR) is 136 cm³/mol. The number of nitrogens with one attached hydrogen (secondary N) is 1. The van der Waals surface area contributed by atoms with Gasteiger partial charge in [-0.05, 0) is 37.4 Å². The zero-order chi connectivity index (χ0) is 23.9. The first-order chi connectivity index (χ1) is 16.5. The van der Waals surface area contributed by atoms with Crippen molar-refractivity contribution in [2.45, 2.75) is 22.8 Å². The van der Waals surface area contributed by atoms with Gasteiger partial charge in [0, 0.05) is 18.0 Å². The zero-order valence-corrected chi connectivity index (χ0v) is 20.2. The van der Waals surface area contributed by atoms with E-state index in [1.165, 1.54) is 0 Å². The molecule has 0 saturated carbocycles. The highest BCUT2D eigenvalue weighted by atomic mass is 32.2. The average Bonchev–Trinajstić information content (AvgIpc) is 2.97. The van der Waals surface area contributed by atoms with E-state index in [2.05, 4.69) is 5.32 Å². The van der Waals surface area contributed by atoms with Crippen LogP contribution in [-0.4, -0.2) is 50.1 Å². The topological polar surface area (TPSA) is 61.9 Å². The van der Waals surface area contributed by atoms with Crippen LogP contribution < -0.4 is 10.2 Å². The van der Waals surface area contributed by atoms with Crippen molar-refractivity contribution in [2.75, 3.05) is 32.1 Å². The molecule has 2 atom stereocenters. The summed E-state index contributed by atoms with van der Waals surface area (Å²) < 4.78 is 5.48. The number of carbonyl (C=O) groups is 2. The smallest absolute Gasteiger partial charge is 0.408 e. The molecule has 0 spiro atoms. The lowest BCUT2D eigenvalue weighted by molar-refractivity contribution is -0.120. The maximum Gasteiger partial charge on any atom is 0.408 e. The zero-order valence-electron chi connectivity index (χ0n) is 19.4. The summed E-state index contributed by atoms with van der Waals surface area (Å²) in [4.78, 5) is 31.6. The van der Waals surface area contributed by atoms with Crippen molar-refractivity contribution in [3.8, 4) is 0 Å². The molecule has 3 aromatic rings. The van der Waals surface area contributed by atoms with Crippen LogP contribution in [0.2, 0.25) is 0 Å². The number of anilines is 1. The Kier molecular flexibility index (Phi) is 7.87. The molecule has 7 heteroatoms. The van der Waals surface area contributed by atoms with Crippen molar-refractivity contribution in [2.24, 2.45) is 0 Å². The molecule has 3 aromatic carbocycles. The maximum atomic E-state index is 13.9. The van der Waals surface area contributed by atoms with Crippen molar-refractivity contribution < 1.29 is 14.3 Å². The number of likely N-dealkylation sites (N-methyl/N-ethyl adjacent to an activating group) is 1. The third-order valence-corrected chi connectivity index (χ3v) is 7.03. The van der Waals surface area contributed by atoms with Crippen LogP contribution in [0.5, 0.6) is 0 Å². The van der Waals surface area contributed by atoms with Crippen molar-refractivity contribution >= 4 is 29.4 Å². The number of thioether (sulfide) groups is 1. The lowest BCUT2D eigenvalue weighted by atomic mass is 10.0. The van der Waals surface area contributed by atoms with Crippen LogP contribution in [0.1, 0.15) is 16.4 Å². The molecule has 1 aliphatic heterocycles. The minimum atomic E-state index is -0.787. The van der Waals surface area contributed by atoms with Gasteiger partial charge in [-0.3, -0.25) is 4.79 Å². The van der Waals surface area contributed by atoms with Gasteiger partial charge in [0.05, 0.1) is 10.9 Å². The molecule has 0 unspecified atom stereocenters. The first-order valence-electron chi connectivity index (χ1n) is 11.3. The number of para-hydroxylation sites is 1. The van der Waals surface area contributed by atoms with Crippen LogP contribution in [0.15, 0.2) is 89.8 Å². The summed E-state index contributed by atoms with van der Waals surface area (Å²) in [6.45, 7) is 1.36. The van der Waals surface area contributed by atoms with Gasteiger partial charge in [-0.2, -0.15) is 0 Å². The van der Waals surface area contributed by atoms with E-state index in [-0.39, 0.29) is 17.8 Å². The highest BCUT2D eigenvalue weighted by molar-refractivity contribution is 7.99. The molecule has 0 aliphatic carbocycles. The second-order valence-corrected chi connectivity index (χ2v) is 9.58. The number of hydrogen-bond acceptors (Lipinski definition) is 5. The van der Waals surface area contributed by atoms with Gasteiger partial charge < -0.3 is 19.9 Å². The lowest BCUT2D eigenvalue weighted by Gasteiger charge is -2.29. The quantitative estimate of drug-likeness (QED) is 0.536. The molecule has 34 heavy (non-hydrogen) atoms. The van der Waals surface area contributed by atoms with E-state index < -0.39 is 12.1 Å². The van der Waals surface area contributed by atoms with E-state index in [0.29, 0.717) is 13.1 Å². The summed E-state index contributed by atoms with van der Waals surface area (Å²) in [5.41, 5.74) is 2.72. The number of amides is 2. The second-order valence-electron chi connectivity index (χ2n) is 8.39. The highest BCUT2D eigenvalue weighted by Crippen LogP contribution is 2.45. The Morgan fingerprint density at radius 2 is 1.62 bits per heavy atom. The van der Waals surface area contributed by atoms with Gasteiger partial charge >= 0.3 is 6.09 Å². The number of nitrogens with zero attached hydrogens (tertiary/aromatic N) is 2. The van der Waals surface area contributed by atoms with Crippen LogP contribution >= 0.6 is 11.8 Å². The third kappa shape index (κ3) is 5.79. The summed E-state index contributed by atoms with van der Waals surface area (Å²) in [6, 6.07) is 26.5. The van der Waals surface area contributed by atoms with Gasteiger partial charge in [0.2, 0.25) is 0 Å². The van der Waals surface area contributed by atoms with E-state index in [1.807, 2.05) is 104 Å². The minimum absolute atomic E-state index is 0.140. The Hall–Kier alpha value is -3.29. The van der Waals surface area contributed by atoms with Crippen molar-refractivity contribution in [3.05, 3.63) is 96.1 Å². The van der Waals surface area contributed by atoms with Gasteiger partial charge in [-0.25, -0.2) is 4.79 Å². The normalized spacial score (nSPS) is 17.7. The van der Waals surface area contributed by atoms with Gasteiger partial charge in [0.25, 0.3) is 5.91 Å². The largest absolute Gasteiger partial charge is 0.445 e. The lowest BCUT2D eigenvalue weighted by Crippen LogP contribution is -2.51. The maximum absolute atomic E-state index is 13.9. The van der Waals surface area contributed by atoms with Gasteiger partial charge in [-0.1, -0.05) is 72.8 Å². The molecule has 6 nitrogen and oxygen atoms in total. The Labute approximate surface area is 204 Å². The second kappa shape index (κ2) is 11.2. The van der Waals surface area contributed by atoms with Crippen molar-refractivity contribution in [1.29, 1.82) is 0 Å². The summed E-state index contributed by atoms with van der Waals surface area (Å²) in [6.07, 6.45) is -0.609. The molecule has 0 fully saturated rings. The molecule has 2 amide bonds. The first-order valence-corrected chi connectivity index (χ1v) is 12.1. The Morgan fingerprint density at radius 3 is 2.32 bits per heavy atom. The fourth-order valence-corrected chi connectivity index (χ4v) is 5.21. The molecule has 1 heterocycles. The summed E-state index contributed by atoms with van der Waals surface area (Å²) in [5.74, 6) is -0.148. The van der Waals surface area contributed by atoms with Gasteiger partial charge in [0.1, 0.15) is 12.6 Å². The molecule has 0 aromatic heterocycles. The van der Waals surface area contributed by atoms with Crippen LogP contribution in [-0.2, 0) is 16.1 Å². The average molecular weight is 476 g/mol. The number of carbonyl (C=O) groups excluding carboxylic acids is 2. The third-order valence-electron chi connectivity index (χ3n) is 5.63. The van der Waals surface area contributed by atoms with Crippen LogP contribution in [0.3, 0.4) is 0 Å². The van der Waals surface area contributed by atoms with E-state index in [4.69, 9.17) is 4.74 Å². The number of ether oxygens (including phenoxy) is 1. The summed E-state index contributed by atoms with van der Waals surface area (Å²) in [7, 11) is 3.96. The molecule has 176 valence electrons. The number of alkyl carbamates (subject to hydrolysis) is 1. The molecular weight excluding hydrogens is 446 g/mol. The standard InChI is InChI=1S/C27H29N3O3S/c1-29(2)17-18-30-22-15-9-10-16-23(22)34-25(21-13-7-4-8-14-21)24(26(30)31)28-27(32)33-19-20-11-5-3-6-12-20/h3-16,24-25H,17-19H2,1-2H3,(H,28,32)/t24-,25+/m0/s1. The van der Waals surface area contributed by atoms with Crippen LogP contribution in [0.4, 0.5) is 10.5 Å². The van der Waals surface area contributed by atoms with Gasteiger partial charge in [-0.15, -0.1) is 11.8 Å². The number of hydrogen-bond donors (Lipinski definition) is 1. The minimum Gasteiger partial charge on any atom is -0.445 e. The van der Waals surface area contributed by atoms with E-state index in [9.17, 15) is 9.59 Å². The van der Waals surface area contributed by atoms with E-state index in [0.717, 1.165) is 21.7 Å². The summed E-state index contributed by atoms with van der Waals surface area (Å²) >= 11 is 1.59. The van der Waals surface area contributed by atoms with E-state index in [1.54, 1.807) is 16.7 Å². The molecule has 1 N–H and O–H groups in total. The predicted octanol–water partition coefficient (Wildman–Crippen LogP) is 4.72. The fourth-order valence-electron chi connectivity index (χ4n) is 3.86. The highest BCUT2D eigenvalue weighted by Gasteiger charge is 2.39. The fraction of sp³-hybridized carbons (Fsp3) is 0.259. The SMILES string of the molecule is CN(C)CCN1C(=O)[C@@H](NC(=O)OCc2ccccc2)[C@@H](c2ccccc2)Sc2ccccc21. The van der Waals surface area contributed by atoms with Crippen molar-refractivity contribution in [1.82, 2.24) is 10.2 Å². The number of rotatable bonds is 7. The Bertz CT molecular complexity index is 1110. The van der Waals surface area contributed by atoms with Gasteiger partial charge in [0.15, 0.2) is 0 Å². The molecule has 4 rings (SSSR count). The molecule has 0 bridgehead atoms. The Balaban J connectivity index is 1.64. The van der Waals surface area contributed by atoms with Crippen LogP contribution in [0.25, 0.3) is 0 Å². The first kappa shape index (κ1) is 23.9. The summed E-state index contributed by atoms with van der Waals surface area (Å²) in [5, 5.41) is 2.59. The molecule has 1 aliphatic rings. The monoisotopic (exact) mass is 475 g/mol. The molecule has 0 radical (unpaired) electrons. The molecular formula is C27H29N3O3S. The van der Waals surface area contributed by atoms with E-state index >= 15 is 0 Å². The number of fused-ring (bicyclic) bond motifs is 1. The van der Waals surface area contributed by atoms with Crippen molar-refractivity contribution in [3.63, 3.8) is 0 Å². The van der Waals surface area contributed by atoms with Crippen LogP contribution in [0, 0.1) is 0 Å². The number of benzene rings is 3. The molecule has 0 saturated heterocycles.